The molecular formula is C26H39NO6. The van der Waals surface area contributed by atoms with Gasteiger partial charge in [0.05, 0.1) is 13.2 Å². The van der Waals surface area contributed by atoms with E-state index in [0.29, 0.717) is 54.9 Å². The number of cyclic esters (lactones) is 1. The summed E-state index contributed by atoms with van der Waals surface area (Å²) in [7, 11) is 1.50. The van der Waals surface area contributed by atoms with Crippen molar-refractivity contribution in [1.29, 1.82) is 0 Å². The van der Waals surface area contributed by atoms with E-state index in [1.165, 1.54) is 7.11 Å². The summed E-state index contributed by atoms with van der Waals surface area (Å²) >= 11 is 0. The van der Waals surface area contributed by atoms with Gasteiger partial charge in [-0.3, -0.25) is 4.79 Å². The maximum absolute atomic E-state index is 13.0. The molecule has 0 fully saturated rings. The van der Waals surface area contributed by atoms with Crippen LogP contribution in [0.2, 0.25) is 0 Å². The Bertz CT molecular complexity index is 827. The lowest BCUT2D eigenvalue weighted by atomic mass is 10.0. The van der Waals surface area contributed by atoms with E-state index in [2.05, 4.69) is 5.32 Å². The van der Waals surface area contributed by atoms with Crippen molar-refractivity contribution in [1.82, 2.24) is 5.32 Å². The molecular weight excluding hydrogens is 422 g/mol. The molecule has 2 rings (SSSR count). The van der Waals surface area contributed by atoms with Crippen molar-refractivity contribution >= 4 is 17.8 Å². The summed E-state index contributed by atoms with van der Waals surface area (Å²) in [5, 5.41) is 13.5. The molecule has 7 heteroatoms. The normalized spacial score (nSPS) is 20.2. The lowest BCUT2D eigenvalue weighted by molar-refractivity contribution is -0.119. The highest BCUT2D eigenvalue weighted by Crippen LogP contribution is 2.31. The van der Waals surface area contributed by atoms with Gasteiger partial charge in [-0.15, -0.1) is 0 Å². The van der Waals surface area contributed by atoms with Crippen LogP contribution in [0.15, 0.2) is 18.2 Å². The third kappa shape index (κ3) is 9.56. The van der Waals surface area contributed by atoms with Crippen LogP contribution >= 0.6 is 0 Å². The first-order chi connectivity index (χ1) is 15.6. The summed E-state index contributed by atoms with van der Waals surface area (Å²) in [5.41, 5.74) is 0.857. The minimum Gasteiger partial charge on any atom is -0.496 e. The van der Waals surface area contributed by atoms with Gasteiger partial charge in [0, 0.05) is 31.0 Å². The van der Waals surface area contributed by atoms with Gasteiger partial charge in [-0.1, -0.05) is 12.2 Å². The SMILES string of the molecule is COc1cc(OCC(O)CNC(C)(C)C)cc2c1C(=O)O[C@@H](C)CCCC(=O)CCC/C=C/2. The third-order valence-corrected chi connectivity index (χ3v) is 5.34. The largest absolute Gasteiger partial charge is 0.496 e. The molecule has 1 aliphatic heterocycles. The zero-order valence-corrected chi connectivity index (χ0v) is 20.6. The van der Waals surface area contributed by atoms with Crippen molar-refractivity contribution in [2.75, 3.05) is 20.3 Å². The molecule has 184 valence electrons. The van der Waals surface area contributed by atoms with Crippen LogP contribution in [0.25, 0.3) is 6.08 Å². The quantitative estimate of drug-likeness (QED) is 0.610. The molecule has 0 radical (unpaired) electrons. The number of ketones is 1. The summed E-state index contributed by atoms with van der Waals surface area (Å²) < 4.78 is 17.0. The van der Waals surface area contributed by atoms with Gasteiger partial charge in [0.15, 0.2) is 0 Å². The predicted molar refractivity (Wildman–Crippen MR) is 129 cm³/mol. The molecule has 1 unspecified atom stereocenters. The summed E-state index contributed by atoms with van der Waals surface area (Å²) in [6.07, 6.45) is 6.68. The molecule has 0 saturated carbocycles. The van der Waals surface area contributed by atoms with E-state index in [9.17, 15) is 14.7 Å². The number of carbonyl (C=O) groups is 2. The highest BCUT2D eigenvalue weighted by Gasteiger charge is 2.22. The molecule has 33 heavy (non-hydrogen) atoms. The van der Waals surface area contributed by atoms with E-state index in [-0.39, 0.29) is 24.0 Å². The number of ether oxygens (including phenoxy) is 3. The number of methoxy groups -OCH3 is 1. The molecule has 0 amide bonds. The summed E-state index contributed by atoms with van der Waals surface area (Å²) in [4.78, 5) is 25.0. The lowest BCUT2D eigenvalue weighted by Gasteiger charge is -2.23. The fraction of sp³-hybridized carbons (Fsp3) is 0.615. The van der Waals surface area contributed by atoms with Crippen LogP contribution in [-0.4, -0.2) is 54.9 Å². The molecule has 2 atom stereocenters. The van der Waals surface area contributed by atoms with Crippen molar-refractivity contribution in [3.8, 4) is 11.5 Å². The second kappa shape index (κ2) is 12.8. The number of rotatable bonds is 6. The predicted octanol–water partition coefficient (Wildman–Crippen LogP) is 4.30. The van der Waals surface area contributed by atoms with Crippen LogP contribution in [0.3, 0.4) is 0 Å². The van der Waals surface area contributed by atoms with Gasteiger partial charge in [-0.25, -0.2) is 4.79 Å². The Balaban J connectivity index is 2.25. The monoisotopic (exact) mass is 461 g/mol. The second-order valence-electron chi connectivity index (χ2n) is 9.63. The van der Waals surface area contributed by atoms with Gasteiger partial charge in [0.1, 0.15) is 35.6 Å². The van der Waals surface area contributed by atoms with Crippen molar-refractivity contribution < 1.29 is 28.9 Å². The molecule has 0 aromatic heterocycles. The molecule has 0 aliphatic carbocycles. The molecule has 1 aromatic carbocycles. The second-order valence-corrected chi connectivity index (χ2v) is 9.63. The average molecular weight is 462 g/mol. The molecule has 0 bridgehead atoms. The Kier molecular flexibility index (Phi) is 10.4. The van der Waals surface area contributed by atoms with E-state index in [4.69, 9.17) is 14.2 Å². The van der Waals surface area contributed by atoms with Crippen LogP contribution in [0.1, 0.15) is 82.1 Å². The van der Waals surface area contributed by atoms with Crippen LogP contribution < -0.4 is 14.8 Å². The summed E-state index contributed by atoms with van der Waals surface area (Å²) in [6, 6.07) is 3.39. The van der Waals surface area contributed by atoms with Gasteiger partial charge >= 0.3 is 5.97 Å². The lowest BCUT2D eigenvalue weighted by Crippen LogP contribution is -2.42. The summed E-state index contributed by atoms with van der Waals surface area (Å²) in [5.74, 6) is 0.621. The average Bonchev–Trinajstić information content (AvgIpc) is 2.74. The van der Waals surface area contributed by atoms with Crippen LogP contribution in [-0.2, 0) is 9.53 Å². The Labute approximate surface area is 197 Å². The van der Waals surface area contributed by atoms with Gasteiger partial charge in [-0.2, -0.15) is 0 Å². The zero-order chi connectivity index (χ0) is 24.4. The van der Waals surface area contributed by atoms with Crippen molar-refractivity contribution in [3.63, 3.8) is 0 Å². The van der Waals surface area contributed by atoms with Crippen molar-refractivity contribution in [3.05, 3.63) is 29.3 Å². The minimum absolute atomic E-state index is 0.0956. The molecule has 7 nitrogen and oxygen atoms in total. The number of nitrogens with one attached hydrogen (secondary N) is 1. The van der Waals surface area contributed by atoms with Crippen molar-refractivity contribution in [2.24, 2.45) is 0 Å². The number of aliphatic hydroxyl groups is 1. The molecule has 1 heterocycles. The zero-order valence-electron chi connectivity index (χ0n) is 20.6. The van der Waals surface area contributed by atoms with Gasteiger partial charge < -0.3 is 24.6 Å². The number of benzene rings is 1. The minimum atomic E-state index is -0.692. The smallest absolute Gasteiger partial charge is 0.342 e. The first-order valence-electron chi connectivity index (χ1n) is 11.8. The number of aliphatic hydroxyl groups excluding tert-OH is 1. The molecule has 2 N–H and O–H groups in total. The van der Waals surface area contributed by atoms with E-state index in [1.807, 2.05) is 39.8 Å². The molecule has 1 aliphatic rings. The number of hydrogen-bond donors (Lipinski definition) is 2. The Morgan fingerprint density at radius 1 is 1.21 bits per heavy atom. The van der Waals surface area contributed by atoms with Gasteiger partial charge in [0.2, 0.25) is 0 Å². The highest BCUT2D eigenvalue weighted by molar-refractivity contribution is 5.97. The van der Waals surface area contributed by atoms with E-state index < -0.39 is 12.1 Å². The Morgan fingerprint density at radius 3 is 2.64 bits per heavy atom. The molecule has 1 aromatic rings. The number of β-amino-alcohol motifs (C(OH)–C–C–N with tert-alkyl or cyclic N) is 1. The van der Waals surface area contributed by atoms with Crippen molar-refractivity contribution in [2.45, 2.75) is 84.0 Å². The van der Waals surface area contributed by atoms with E-state index in [1.54, 1.807) is 12.1 Å². The van der Waals surface area contributed by atoms with Crippen LogP contribution in [0.4, 0.5) is 0 Å². The van der Waals surface area contributed by atoms with E-state index >= 15 is 0 Å². The van der Waals surface area contributed by atoms with Crippen LogP contribution in [0.5, 0.6) is 11.5 Å². The number of fused-ring (bicyclic) bond motifs is 1. The van der Waals surface area contributed by atoms with Gasteiger partial charge in [-0.05, 0) is 65.0 Å². The van der Waals surface area contributed by atoms with E-state index in [0.717, 1.165) is 12.8 Å². The van der Waals surface area contributed by atoms with Gasteiger partial charge in [0.25, 0.3) is 0 Å². The fourth-order valence-corrected chi connectivity index (χ4v) is 3.52. The maximum atomic E-state index is 13.0. The number of hydrogen-bond acceptors (Lipinski definition) is 7. The maximum Gasteiger partial charge on any atom is 0.342 e. The highest BCUT2D eigenvalue weighted by atomic mass is 16.5. The Morgan fingerprint density at radius 2 is 1.94 bits per heavy atom. The first kappa shape index (κ1) is 26.9. The summed E-state index contributed by atoms with van der Waals surface area (Å²) in [6.45, 7) is 8.41. The first-order valence-corrected chi connectivity index (χ1v) is 11.8. The number of Topliss-reactive ketones (excluding diaryl/α,β-unsaturated/α-hetero) is 1. The fourth-order valence-electron chi connectivity index (χ4n) is 3.52. The topological polar surface area (TPSA) is 94.1 Å². The Hall–Kier alpha value is -2.38. The third-order valence-electron chi connectivity index (χ3n) is 5.34. The molecule has 0 spiro atoms. The van der Waals surface area contributed by atoms with Crippen LogP contribution in [0, 0.1) is 0 Å². The number of allylic oxidation sites excluding steroid dienone is 1. The molecule has 0 saturated heterocycles. The number of carbonyl (C=O) groups excluding carboxylic acids is 2. The standard InChI is InChI=1S/C26H39NO6/c1-18-10-9-13-20(28)12-8-6-7-11-19-14-22(15-23(31-5)24(19)25(30)33-18)32-17-21(29)16-27-26(2,3)4/h7,11,14-15,18,21,27,29H,6,8-10,12-13,16-17H2,1-5H3/b11-7+/t18-,21?/m0/s1. The number of esters is 1.